The summed E-state index contributed by atoms with van der Waals surface area (Å²) in [4.78, 5) is 0. The van der Waals surface area contributed by atoms with Gasteiger partial charge in [0, 0.05) is 11.6 Å². The molecular formula is C15H23ClO2S. The Morgan fingerprint density at radius 2 is 1.84 bits per heavy atom. The van der Waals surface area contributed by atoms with Crippen molar-refractivity contribution in [3.8, 4) is 0 Å². The van der Waals surface area contributed by atoms with E-state index in [1.165, 1.54) is 11.1 Å². The summed E-state index contributed by atoms with van der Waals surface area (Å²) < 4.78 is 22.9. The summed E-state index contributed by atoms with van der Waals surface area (Å²) >= 11 is 5.98. The molecule has 0 aliphatic heterocycles. The number of sulfone groups is 1. The van der Waals surface area contributed by atoms with Crippen molar-refractivity contribution < 1.29 is 8.42 Å². The SMILES string of the molecule is CCS(=O)(=O)CCCC(CCl)Cc1ccc(C)cc1. The zero-order valence-electron chi connectivity index (χ0n) is 11.7. The smallest absolute Gasteiger partial charge is 0.150 e. The van der Waals surface area contributed by atoms with Crippen LogP contribution < -0.4 is 0 Å². The van der Waals surface area contributed by atoms with Crippen LogP contribution in [0.4, 0.5) is 0 Å². The largest absolute Gasteiger partial charge is 0.229 e. The van der Waals surface area contributed by atoms with Gasteiger partial charge in [0.15, 0.2) is 0 Å². The van der Waals surface area contributed by atoms with E-state index in [1.54, 1.807) is 6.92 Å². The molecule has 0 saturated carbocycles. The van der Waals surface area contributed by atoms with Crippen molar-refractivity contribution in [2.75, 3.05) is 17.4 Å². The van der Waals surface area contributed by atoms with Crippen LogP contribution in [0.1, 0.15) is 30.9 Å². The average molecular weight is 303 g/mol. The van der Waals surface area contributed by atoms with E-state index in [2.05, 4.69) is 31.2 Å². The van der Waals surface area contributed by atoms with Crippen molar-refractivity contribution in [1.29, 1.82) is 0 Å². The van der Waals surface area contributed by atoms with E-state index < -0.39 is 9.84 Å². The van der Waals surface area contributed by atoms with Gasteiger partial charge >= 0.3 is 0 Å². The van der Waals surface area contributed by atoms with Crippen LogP contribution in [0.25, 0.3) is 0 Å². The minimum atomic E-state index is -2.84. The van der Waals surface area contributed by atoms with Crippen LogP contribution >= 0.6 is 11.6 Å². The minimum absolute atomic E-state index is 0.233. The third-order valence-electron chi connectivity index (χ3n) is 3.37. The molecular weight excluding hydrogens is 280 g/mol. The second kappa shape index (κ2) is 7.91. The molecule has 0 amide bonds. The first kappa shape index (κ1) is 16.5. The Hall–Kier alpha value is -0.540. The molecule has 0 heterocycles. The van der Waals surface area contributed by atoms with Gasteiger partial charge < -0.3 is 0 Å². The second-order valence-electron chi connectivity index (χ2n) is 5.09. The summed E-state index contributed by atoms with van der Waals surface area (Å²) in [6, 6.07) is 8.44. The maximum Gasteiger partial charge on any atom is 0.150 e. The lowest BCUT2D eigenvalue weighted by molar-refractivity contribution is 0.523. The van der Waals surface area contributed by atoms with Gasteiger partial charge in [-0.1, -0.05) is 36.8 Å². The van der Waals surface area contributed by atoms with E-state index in [9.17, 15) is 8.42 Å². The lowest BCUT2D eigenvalue weighted by atomic mass is 9.96. The maximum absolute atomic E-state index is 11.4. The Morgan fingerprint density at radius 1 is 1.21 bits per heavy atom. The van der Waals surface area contributed by atoms with Gasteiger partial charge in [-0.2, -0.15) is 0 Å². The van der Waals surface area contributed by atoms with Crippen molar-refractivity contribution in [2.45, 2.75) is 33.1 Å². The molecule has 1 aromatic carbocycles. The molecule has 1 rings (SSSR count). The number of hydrogen-bond donors (Lipinski definition) is 0. The fourth-order valence-corrected chi connectivity index (χ4v) is 3.19. The molecule has 0 spiro atoms. The highest BCUT2D eigenvalue weighted by Gasteiger charge is 2.12. The van der Waals surface area contributed by atoms with Gasteiger partial charge in [-0.25, -0.2) is 8.42 Å². The number of benzene rings is 1. The number of halogens is 1. The first-order valence-electron chi connectivity index (χ1n) is 6.78. The second-order valence-corrected chi connectivity index (χ2v) is 7.87. The summed E-state index contributed by atoms with van der Waals surface area (Å²) in [5.74, 6) is 1.46. The standard InChI is InChI=1S/C15H23ClO2S/c1-3-19(17,18)10-4-5-15(12-16)11-14-8-6-13(2)7-9-14/h6-9,15H,3-5,10-12H2,1-2H3. The van der Waals surface area contributed by atoms with Gasteiger partial charge in [0.05, 0.1) is 5.75 Å². The van der Waals surface area contributed by atoms with Crippen molar-refractivity contribution in [1.82, 2.24) is 0 Å². The summed E-state index contributed by atoms with van der Waals surface area (Å²) in [6.07, 6.45) is 2.51. The molecule has 0 saturated heterocycles. The van der Waals surface area contributed by atoms with E-state index in [4.69, 9.17) is 11.6 Å². The van der Waals surface area contributed by atoms with Gasteiger partial charge in [0.1, 0.15) is 9.84 Å². The fourth-order valence-electron chi connectivity index (χ4n) is 2.03. The van der Waals surface area contributed by atoms with Crippen molar-refractivity contribution in [3.05, 3.63) is 35.4 Å². The molecule has 0 radical (unpaired) electrons. The van der Waals surface area contributed by atoms with Gasteiger partial charge in [0.2, 0.25) is 0 Å². The van der Waals surface area contributed by atoms with E-state index in [0.29, 0.717) is 18.2 Å². The molecule has 1 atom stereocenters. The molecule has 0 bridgehead atoms. The highest BCUT2D eigenvalue weighted by Crippen LogP contribution is 2.17. The van der Waals surface area contributed by atoms with Crippen molar-refractivity contribution in [2.24, 2.45) is 5.92 Å². The average Bonchev–Trinajstić information content (AvgIpc) is 2.40. The molecule has 1 aromatic rings. The number of hydrogen-bond acceptors (Lipinski definition) is 2. The minimum Gasteiger partial charge on any atom is -0.229 e. The third kappa shape index (κ3) is 6.44. The molecule has 1 unspecified atom stereocenters. The number of aryl methyl sites for hydroxylation is 1. The predicted molar refractivity (Wildman–Crippen MR) is 82.7 cm³/mol. The van der Waals surface area contributed by atoms with Crippen LogP contribution in [0.3, 0.4) is 0 Å². The lowest BCUT2D eigenvalue weighted by Gasteiger charge is -2.14. The van der Waals surface area contributed by atoms with Gasteiger partial charge in [0.25, 0.3) is 0 Å². The highest BCUT2D eigenvalue weighted by atomic mass is 35.5. The quantitative estimate of drug-likeness (QED) is 0.688. The van der Waals surface area contributed by atoms with Crippen LogP contribution in [-0.4, -0.2) is 25.8 Å². The van der Waals surface area contributed by atoms with Gasteiger partial charge in [-0.3, -0.25) is 0 Å². The van der Waals surface area contributed by atoms with Gasteiger partial charge in [-0.05, 0) is 37.7 Å². The Bertz CT molecular complexity index is 465. The molecule has 0 fully saturated rings. The molecule has 0 aromatic heterocycles. The van der Waals surface area contributed by atoms with Crippen molar-refractivity contribution >= 4 is 21.4 Å². The summed E-state index contributed by atoms with van der Waals surface area (Å²) in [5, 5.41) is 0. The molecule has 2 nitrogen and oxygen atoms in total. The zero-order valence-corrected chi connectivity index (χ0v) is 13.3. The first-order valence-corrected chi connectivity index (χ1v) is 9.14. The Labute approximate surface area is 122 Å². The summed E-state index contributed by atoms with van der Waals surface area (Å²) in [6.45, 7) is 3.76. The highest BCUT2D eigenvalue weighted by molar-refractivity contribution is 7.91. The molecule has 0 aliphatic rings. The number of alkyl halides is 1. The van der Waals surface area contributed by atoms with Crippen LogP contribution in [-0.2, 0) is 16.3 Å². The first-order chi connectivity index (χ1) is 8.96. The van der Waals surface area contributed by atoms with Crippen LogP contribution in [0.2, 0.25) is 0 Å². The Kier molecular flexibility index (Phi) is 6.87. The number of rotatable bonds is 8. The normalized spacial score (nSPS) is 13.4. The van der Waals surface area contributed by atoms with Crippen molar-refractivity contribution in [3.63, 3.8) is 0 Å². The summed E-state index contributed by atoms with van der Waals surface area (Å²) in [5.41, 5.74) is 2.52. The van der Waals surface area contributed by atoms with E-state index in [0.717, 1.165) is 12.8 Å². The maximum atomic E-state index is 11.4. The molecule has 4 heteroatoms. The molecule has 0 aliphatic carbocycles. The van der Waals surface area contributed by atoms with Gasteiger partial charge in [-0.15, -0.1) is 11.6 Å². The fraction of sp³-hybridized carbons (Fsp3) is 0.600. The Morgan fingerprint density at radius 3 is 2.37 bits per heavy atom. The van der Waals surface area contributed by atoms with E-state index in [1.807, 2.05) is 0 Å². The van der Waals surface area contributed by atoms with Crippen LogP contribution in [0.15, 0.2) is 24.3 Å². The van der Waals surface area contributed by atoms with E-state index in [-0.39, 0.29) is 11.5 Å². The monoisotopic (exact) mass is 302 g/mol. The topological polar surface area (TPSA) is 34.1 Å². The molecule has 19 heavy (non-hydrogen) atoms. The molecule has 108 valence electrons. The third-order valence-corrected chi connectivity index (χ3v) is 5.60. The van der Waals surface area contributed by atoms with Crippen LogP contribution in [0, 0.1) is 12.8 Å². The zero-order chi connectivity index (χ0) is 14.3. The predicted octanol–water partition coefficient (Wildman–Crippen LogP) is 3.61. The molecule has 0 N–H and O–H groups in total. The summed E-state index contributed by atoms with van der Waals surface area (Å²) in [7, 11) is -2.84. The van der Waals surface area contributed by atoms with Crippen LogP contribution in [0.5, 0.6) is 0 Å². The lowest BCUT2D eigenvalue weighted by Crippen LogP contribution is -2.12. The van der Waals surface area contributed by atoms with E-state index >= 15 is 0 Å². The Balaban J connectivity index is 2.44.